The Bertz CT molecular complexity index is 285. The van der Waals surface area contributed by atoms with Crippen molar-refractivity contribution in [3.63, 3.8) is 0 Å². The summed E-state index contributed by atoms with van der Waals surface area (Å²) in [5.41, 5.74) is 0.960. The first-order valence-corrected chi connectivity index (χ1v) is 5.38. The van der Waals surface area contributed by atoms with Gasteiger partial charge in [-0.1, -0.05) is 6.07 Å². The molecule has 2 rings (SSSR count). The van der Waals surface area contributed by atoms with Gasteiger partial charge in [0.2, 0.25) is 0 Å². The van der Waals surface area contributed by atoms with Gasteiger partial charge in [-0.25, -0.2) is 0 Å². The van der Waals surface area contributed by atoms with Crippen molar-refractivity contribution in [1.82, 2.24) is 15.2 Å². The third kappa shape index (κ3) is 2.53. The van der Waals surface area contributed by atoms with E-state index in [9.17, 15) is 5.11 Å². The number of aliphatic hydroxyl groups is 1. The summed E-state index contributed by atoms with van der Waals surface area (Å²) in [6.45, 7) is 4.06. The average Bonchev–Trinajstić information content (AvgIpc) is 2.33. The normalized spacial score (nSPS) is 20.1. The first-order valence-electron chi connectivity index (χ1n) is 5.38. The van der Waals surface area contributed by atoms with Crippen LogP contribution in [0.5, 0.6) is 0 Å². The number of hydrogen-bond donors (Lipinski definition) is 2. The molecule has 1 aromatic rings. The fraction of sp³-hybridized carbons (Fsp3) is 0.545. The summed E-state index contributed by atoms with van der Waals surface area (Å²) in [6, 6.07) is 5.89. The van der Waals surface area contributed by atoms with Crippen LogP contribution in [0.4, 0.5) is 0 Å². The zero-order chi connectivity index (χ0) is 10.5. The Kier molecular flexibility index (Phi) is 3.66. The first-order chi connectivity index (χ1) is 7.42. The molecule has 0 aromatic carbocycles. The predicted molar refractivity (Wildman–Crippen MR) is 58.5 cm³/mol. The van der Waals surface area contributed by atoms with Gasteiger partial charge in [0.1, 0.15) is 0 Å². The van der Waals surface area contributed by atoms with Crippen molar-refractivity contribution in [2.45, 2.75) is 6.04 Å². The van der Waals surface area contributed by atoms with Gasteiger partial charge >= 0.3 is 0 Å². The monoisotopic (exact) mass is 207 g/mol. The molecule has 82 valence electrons. The van der Waals surface area contributed by atoms with Gasteiger partial charge in [0.15, 0.2) is 0 Å². The quantitative estimate of drug-likeness (QED) is 0.733. The number of nitrogens with zero attached hydrogens (tertiary/aromatic N) is 2. The highest BCUT2D eigenvalue weighted by atomic mass is 16.3. The molecule has 0 spiro atoms. The van der Waals surface area contributed by atoms with Gasteiger partial charge in [-0.05, 0) is 12.1 Å². The number of aliphatic hydroxyl groups excluding tert-OH is 1. The molecule has 1 atom stereocenters. The summed E-state index contributed by atoms with van der Waals surface area (Å²) < 4.78 is 0. The Labute approximate surface area is 89.9 Å². The molecular weight excluding hydrogens is 190 g/mol. The van der Waals surface area contributed by atoms with Crippen molar-refractivity contribution in [1.29, 1.82) is 0 Å². The molecule has 1 fully saturated rings. The second kappa shape index (κ2) is 5.21. The standard InChI is InChI=1S/C11H17N3O/c15-9-11(10-3-1-2-4-13-10)14-7-5-12-6-8-14/h1-4,11-12,15H,5-9H2. The minimum atomic E-state index is 0.0494. The highest BCUT2D eigenvalue weighted by Gasteiger charge is 2.21. The van der Waals surface area contributed by atoms with Gasteiger partial charge < -0.3 is 10.4 Å². The van der Waals surface area contributed by atoms with E-state index in [1.54, 1.807) is 6.20 Å². The van der Waals surface area contributed by atoms with Crippen LogP contribution in [0.3, 0.4) is 0 Å². The molecular formula is C11H17N3O. The van der Waals surface area contributed by atoms with Crippen LogP contribution >= 0.6 is 0 Å². The number of rotatable bonds is 3. The Morgan fingerprint density at radius 1 is 1.40 bits per heavy atom. The zero-order valence-electron chi connectivity index (χ0n) is 8.76. The second-order valence-electron chi connectivity index (χ2n) is 3.74. The lowest BCUT2D eigenvalue weighted by Crippen LogP contribution is -2.46. The predicted octanol–water partition coefficient (Wildman–Crippen LogP) is 0.0202. The van der Waals surface area contributed by atoms with E-state index >= 15 is 0 Å². The number of hydrogen-bond acceptors (Lipinski definition) is 4. The molecule has 0 radical (unpaired) electrons. The molecule has 0 saturated carbocycles. The van der Waals surface area contributed by atoms with Gasteiger partial charge in [0.25, 0.3) is 0 Å². The number of pyridine rings is 1. The third-order valence-corrected chi connectivity index (χ3v) is 2.79. The van der Waals surface area contributed by atoms with Crippen molar-refractivity contribution < 1.29 is 5.11 Å². The summed E-state index contributed by atoms with van der Waals surface area (Å²) in [5, 5.41) is 12.7. The molecule has 4 heteroatoms. The van der Waals surface area contributed by atoms with Gasteiger partial charge in [0.05, 0.1) is 18.3 Å². The summed E-state index contributed by atoms with van der Waals surface area (Å²) in [6.07, 6.45) is 1.78. The second-order valence-corrected chi connectivity index (χ2v) is 3.74. The van der Waals surface area contributed by atoms with Crippen LogP contribution < -0.4 is 5.32 Å². The molecule has 2 N–H and O–H groups in total. The number of aromatic nitrogens is 1. The fourth-order valence-corrected chi connectivity index (χ4v) is 1.96. The summed E-state index contributed by atoms with van der Waals surface area (Å²) >= 11 is 0. The molecule has 0 amide bonds. The molecule has 4 nitrogen and oxygen atoms in total. The van der Waals surface area contributed by atoms with Crippen LogP contribution in [0.25, 0.3) is 0 Å². The smallest absolute Gasteiger partial charge is 0.0755 e. The summed E-state index contributed by atoms with van der Waals surface area (Å²) in [7, 11) is 0. The van der Waals surface area contributed by atoms with Crippen molar-refractivity contribution in [2.24, 2.45) is 0 Å². The highest BCUT2D eigenvalue weighted by Crippen LogP contribution is 2.17. The van der Waals surface area contributed by atoms with E-state index in [4.69, 9.17) is 0 Å². The lowest BCUT2D eigenvalue weighted by atomic mass is 10.1. The van der Waals surface area contributed by atoms with Crippen LogP contribution in [-0.4, -0.2) is 47.8 Å². The van der Waals surface area contributed by atoms with E-state index in [0.29, 0.717) is 0 Å². The zero-order valence-corrected chi connectivity index (χ0v) is 8.76. The largest absolute Gasteiger partial charge is 0.394 e. The van der Waals surface area contributed by atoms with Crippen LogP contribution in [0.1, 0.15) is 11.7 Å². The summed E-state index contributed by atoms with van der Waals surface area (Å²) in [5.74, 6) is 0. The molecule has 0 bridgehead atoms. The van der Waals surface area contributed by atoms with Gasteiger partial charge in [0, 0.05) is 32.4 Å². The van der Waals surface area contributed by atoms with Crippen molar-refractivity contribution >= 4 is 0 Å². The van der Waals surface area contributed by atoms with Crippen LogP contribution in [0.2, 0.25) is 0 Å². The lowest BCUT2D eigenvalue weighted by Gasteiger charge is -2.33. The molecule has 1 aliphatic rings. The van der Waals surface area contributed by atoms with E-state index in [1.807, 2.05) is 18.2 Å². The third-order valence-electron chi connectivity index (χ3n) is 2.79. The molecule has 1 unspecified atom stereocenters. The Morgan fingerprint density at radius 2 is 2.20 bits per heavy atom. The maximum Gasteiger partial charge on any atom is 0.0755 e. The van der Waals surface area contributed by atoms with E-state index in [1.165, 1.54) is 0 Å². The Morgan fingerprint density at radius 3 is 2.80 bits per heavy atom. The maximum atomic E-state index is 9.43. The van der Waals surface area contributed by atoms with E-state index in [0.717, 1.165) is 31.9 Å². The summed E-state index contributed by atoms with van der Waals surface area (Å²) in [4.78, 5) is 6.58. The molecule has 1 aliphatic heterocycles. The van der Waals surface area contributed by atoms with Crippen molar-refractivity contribution in [3.8, 4) is 0 Å². The van der Waals surface area contributed by atoms with Gasteiger partial charge in [-0.2, -0.15) is 0 Å². The molecule has 1 saturated heterocycles. The SMILES string of the molecule is OCC(c1ccccn1)N1CCNCC1. The van der Waals surface area contributed by atoms with Crippen LogP contribution in [0.15, 0.2) is 24.4 Å². The number of piperazine rings is 1. The molecule has 1 aromatic heterocycles. The average molecular weight is 207 g/mol. The molecule has 15 heavy (non-hydrogen) atoms. The minimum absolute atomic E-state index is 0.0494. The van der Waals surface area contributed by atoms with Crippen molar-refractivity contribution in [2.75, 3.05) is 32.8 Å². The maximum absolute atomic E-state index is 9.43. The van der Waals surface area contributed by atoms with E-state index in [2.05, 4.69) is 15.2 Å². The highest BCUT2D eigenvalue weighted by molar-refractivity contribution is 5.09. The Balaban J connectivity index is 2.09. The Hall–Kier alpha value is -0.970. The first kappa shape index (κ1) is 10.5. The van der Waals surface area contributed by atoms with E-state index in [-0.39, 0.29) is 12.6 Å². The number of nitrogens with one attached hydrogen (secondary N) is 1. The molecule has 2 heterocycles. The van der Waals surface area contributed by atoms with Crippen molar-refractivity contribution in [3.05, 3.63) is 30.1 Å². The van der Waals surface area contributed by atoms with Crippen LogP contribution in [-0.2, 0) is 0 Å². The fourth-order valence-electron chi connectivity index (χ4n) is 1.96. The van der Waals surface area contributed by atoms with Gasteiger partial charge in [-0.3, -0.25) is 9.88 Å². The topological polar surface area (TPSA) is 48.4 Å². The minimum Gasteiger partial charge on any atom is -0.394 e. The van der Waals surface area contributed by atoms with E-state index < -0.39 is 0 Å². The molecule has 0 aliphatic carbocycles. The lowest BCUT2D eigenvalue weighted by molar-refractivity contribution is 0.108. The van der Waals surface area contributed by atoms with Crippen LogP contribution in [0, 0.1) is 0 Å². The van der Waals surface area contributed by atoms with Gasteiger partial charge in [-0.15, -0.1) is 0 Å².